The van der Waals surface area contributed by atoms with Crippen molar-refractivity contribution in [2.24, 2.45) is 16.5 Å². The molecule has 0 aliphatic carbocycles. The zero-order valence-electron chi connectivity index (χ0n) is 13.0. The van der Waals surface area contributed by atoms with Crippen LogP contribution in [0, 0.1) is 0 Å². The van der Waals surface area contributed by atoms with E-state index in [1.54, 1.807) is 0 Å². The molecule has 0 bridgehead atoms. The minimum atomic E-state index is 0. The highest BCUT2D eigenvalue weighted by Crippen LogP contribution is 2.16. The fourth-order valence-corrected chi connectivity index (χ4v) is 2.60. The first-order chi connectivity index (χ1) is 10.2. The van der Waals surface area contributed by atoms with Crippen molar-refractivity contribution in [1.82, 2.24) is 4.90 Å². The Bertz CT molecular complexity index is 429. The molecule has 0 saturated carbocycles. The molecule has 22 heavy (non-hydrogen) atoms. The molecule has 0 spiro atoms. The van der Waals surface area contributed by atoms with Gasteiger partial charge in [-0.3, -0.25) is 9.89 Å². The van der Waals surface area contributed by atoms with E-state index in [2.05, 4.69) is 40.2 Å². The van der Waals surface area contributed by atoms with Gasteiger partial charge in [0.15, 0.2) is 5.96 Å². The summed E-state index contributed by atoms with van der Waals surface area (Å²) < 4.78 is 5.89. The highest BCUT2D eigenvalue weighted by molar-refractivity contribution is 14.0. The lowest BCUT2D eigenvalue weighted by Gasteiger charge is -2.31. The van der Waals surface area contributed by atoms with Gasteiger partial charge in [0.1, 0.15) is 0 Å². The summed E-state index contributed by atoms with van der Waals surface area (Å²) in [7, 11) is 0. The number of nitrogens with two attached hydrogens (primary N) is 2. The standard InChI is InChI=1S/C16H26N4O.HI/c17-16(18)19-9-4-12-21-15-7-10-20(11-8-15)13-14-5-2-1-3-6-14;/h1-3,5-6,15H,4,7-13H2,(H4,17,18,19);1H. The van der Waals surface area contributed by atoms with Crippen molar-refractivity contribution >= 4 is 29.9 Å². The second-order valence-electron chi connectivity index (χ2n) is 5.49. The third kappa shape index (κ3) is 7.42. The topological polar surface area (TPSA) is 76.9 Å². The van der Waals surface area contributed by atoms with E-state index >= 15 is 0 Å². The summed E-state index contributed by atoms with van der Waals surface area (Å²) >= 11 is 0. The second kappa shape index (κ2) is 10.8. The van der Waals surface area contributed by atoms with E-state index in [0.717, 1.165) is 45.5 Å². The third-order valence-corrected chi connectivity index (χ3v) is 3.73. The van der Waals surface area contributed by atoms with Crippen molar-refractivity contribution in [3.8, 4) is 0 Å². The summed E-state index contributed by atoms with van der Waals surface area (Å²) in [6.45, 7) is 4.63. The molecular weight excluding hydrogens is 391 g/mol. The normalized spacial score (nSPS) is 16.0. The molecule has 0 atom stereocenters. The van der Waals surface area contributed by atoms with Gasteiger partial charge in [-0.05, 0) is 24.8 Å². The first-order valence-electron chi connectivity index (χ1n) is 7.67. The largest absolute Gasteiger partial charge is 0.378 e. The monoisotopic (exact) mass is 418 g/mol. The maximum Gasteiger partial charge on any atom is 0.185 e. The molecule has 5 nitrogen and oxygen atoms in total. The first-order valence-corrected chi connectivity index (χ1v) is 7.67. The summed E-state index contributed by atoms with van der Waals surface area (Å²) in [5.41, 5.74) is 11.9. The maximum absolute atomic E-state index is 5.89. The first kappa shape index (κ1) is 19.2. The van der Waals surface area contributed by atoms with Gasteiger partial charge in [-0.25, -0.2) is 0 Å². The SMILES string of the molecule is I.NC(N)=NCCCOC1CCN(Cc2ccccc2)CC1. The van der Waals surface area contributed by atoms with Gasteiger partial charge in [0.05, 0.1) is 6.10 Å². The van der Waals surface area contributed by atoms with Crippen LogP contribution in [0.1, 0.15) is 24.8 Å². The van der Waals surface area contributed by atoms with Crippen molar-refractivity contribution in [2.75, 3.05) is 26.2 Å². The van der Waals surface area contributed by atoms with Crippen LogP contribution in [-0.2, 0) is 11.3 Å². The molecule has 2 rings (SSSR count). The highest BCUT2D eigenvalue weighted by atomic mass is 127. The van der Waals surface area contributed by atoms with Gasteiger partial charge < -0.3 is 16.2 Å². The van der Waals surface area contributed by atoms with Crippen LogP contribution < -0.4 is 11.5 Å². The van der Waals surface area contributed by atoms with Gasteiger partial charge >= 0.3 is 0 Å². The van der Waals surface area contributed by atoms with E-state index in [9.17, 15) is 0 Å². The summed E-state index contributed by atoms with van der Waals surface area (Å²) in [4.78, 5) is 6.44. The van der Waals surface area contributed by atoms with Gasteiger partial charge in [-0.15, -0.1) is 24.0 Å². The Morgan fingerprint density at radius 2 is 1.86 bits per heavy atom. The van der Waals surface area contributed by atoms with E-state index in [1.807, 2.05) is 0 Å². The molecule has 124 valence electrons. The third-order valence-electron chi connectivity index (χ3n) is 3.73. The summed E-state index contributed by atoms with van der Waals surface area (Å²) in [6, 6.07) is 10.6. The summed E-state index contributed by atoms with van der Waals surface area (Å²) in [5.74, 6) is 0.157. The molecule has 1 fully saturated rings. The van der Waals surface area contributed by atoms with E-state index < -0.39 is 0 Å². The number of hydrogen-bond acceptors (Lipinski definition) is 3. The number of halogens is 1. The molecule has 1 aliphatic heterocycles. The van der Waals surface area contributed by atoms with Crippen LogP contribution in [0.4, 0.5) is 0 Å². The van der Waals surface area contributed by atoms with Gasteiger partial charge in [0.25, 0.3) is 0 Å². The van der Waals surface area contributed by atoms with Crippen LogP contribution in [0.5, 0.6) is 0 Å². The van der Waals surface area contributed by atoms with Crippen molar-refractivity contribution in [1.29, 1.82) is 0 Å². The molecule has 6 heteroatoms. The predicted molar refractivity (Wildman–Crippen MR) is 101 cm³/mol. The molecule has 1 saturated heterocycles. The molecule has 1 heterocycles. The van der Waals surface area contributed by atoms with Crippen LogP contribution in [0.3, 0.4) is 0 Å². The molecule has 0 unspecified atom stereocenters. The highest BCUT2D eigenvalue weighted by Gasteiger charge is 2.19. The Hall–Kier alpha value is -0.860. The van der Waals surface area contributed by atoms with Crippen LogP contribution in [0.15, 0.2) is 35.3 Å². The van der Waals surface area contributed by atoms with Gasteiger partial charge in [-0.1, -0.05) is 30.3 Å². The fourth-order valence-electron chi connectivity index (χ4n) is 2.60. The zero-order chi connectivity index (χ0) is 14.9. The molecular formula is C16H27IN4O. The fraction of sp³-hybridized carbons (Fsp3) is 0.562. The lowest BCUT2D eigenvalue weighted by atomic mass is 10.1. The van der Waals surface area contributed by atoms with Crippen LogP contribution in [0.2, 0.25) is 0 Å². The molecule has 1 aliphatic rings. The Morgan fingerprint density at radius 1 is 1.18 bits per heavy atom. The lowest BCUT2D eigenvalue weighted by molar-refractivity contribution is 0.00566. The molecule has 4 N–H and O–H groups in total. The van der Waals surface area contributed by atoms with Crippen molar-refractivity contribution in [3.63, 3.8) is 0 Å². The average molecular weight is 418 g/mol. The Kier molecular flexibility index (Phi) is 9.42. The van der Waals surface area contributed by atoms with Crippen molar-refractivity contribution < 1.29 is 4.74 Å². The van der Waals surface area contributed by atoms with Gasteiger partial charge in [-0.2, -0.15) is 0 Å². The quantitative estimate of drug-likeness (QED) is 0.307. The van der Waals surface area contributed by atoms with Gasteiger partial charge in [0.2, 0.25) is 0 Å². The average Bonchev–Trinajstić information content (AvgIpc) is 2.49. The van der Waals surface area contributed by atoms with E-state index in [-0.39, 0.29) is 29.9 Å². The number of ether oxygens (including phenoxy) is 1. The van der Waals surface area contributed by atoms with Crippen molar-refractivity contribution in [2.45, 2.75) is 31.9 Å². The number of aliphatic imine (C=N–C) groups is 1. The molecule has 0 amide bonds. The maximum atomic E-state index is 5.89. The minimum Gasteiger partial charge on any atom is -0.378 e. The number of likely N-dealkylation sites (tertiary alicyclic amines) is 1. The number of hydrogen-bond donors (Lipinski definition) is 2. The van der Waals surface area contributed by atoms with E-state index in [1.165, 1.54) is 5.56 Å². The molecule has 1 aromatic rings. The number of nitrogens with zero attached hydrogens (tertiary/aromatic N) is 2. The van der Waals surface area contributed by atoms with Crippen molar-refractivity contribution in [3.05, 3.63) is 35.9 Å². The summed E-state index contributed by atoms with van der Waals surface area (Å²) in [6.07, 6.45) is 3.48. The van der Waals surface area contributed by atoms with Crippen LogP contribution in [0.25, 0.3) is 0 Å². The van der Waals surface area contributed by atoms with Gasteiger partial charge in [0, 0.05) is 32.8 Å². The number of piperidine rings is 1. The minimum absolute atomic E-state index is 0. The van der Waals surface area contributed by atoms with E-state index in [4.69, 9.17) is 16.2 Å². The Balaban J connectivity index is 0.00000242. The second-order valence-corrected chi connectivity index (χ2v) is 5.49. The number of benzene rings is 1. The Labute approximate surface area is 150 Å². The predicted octanol–water partition coefficient (Wildman–Crippen LogP) is 1.95. The summed E-state index contributed by atoms with van der Waals surface area (Å²) in [5, 5.41) is 0. The smallest absolute Gasteiger partial charge is 0.185 e. The molecule has 1 aromatic carbocycles. The zero-order valence-corrected chi connectivity index (χ0v) is 15.3. The van der Waals surface area contributed by atoms with E-state index in [0.29, 0.717) is 12.6 Å². The molecule has 0 aromatic heterocycles. The Morgan fingerprint density at radius 3 is 2.50 bits per heavy atom. The number of rotatable bonds is 7. The van der Waals surface area contributed by atoms with Crippen LogP contribution in [-0.4, -0.2) is 43.2 Å². The van der Waals surface area contributed by atoms with Crippen LogP contribution >= 0.6 is 24.0 Å². The lowest BCUT2D eigenvalue weighted by Crippen LogP contribution is -2.36. The number of guanidine groups is 1. The molecule has 0 radical (unpaired) electrons.